The topological polar surface area (TPSA) is 54.6 Å². The van der Waals surface area contributed by atoms with Gasteiger partial charge in [0.05, 0.1) is 18.9 Å². The first-order valence-electron chi connectivity index (χ1n) is 13.7. The number of nitrogens with one attached hydrogen (secondary N) is 1. The van der Waals surface area contributed by atoms with Crippen LogP contribution in [0.3, 0.4) is 0 Å². The molecule has 0 saturated heterocycles. The van der Waals surface area contributed by atoms with Crippen LogP contribution in [0.2, 0.25) is 16.6 Å². The number of ether oxygens (including phenoxy) is 1. The van der Waals surface area contributed by atoms with E-state index in [2.05, 4.69) is 87.8 Å². The number of methoxy groups -OCH3 is 1. The molecular weight excluding hydrogens is 464 g/mol. The Bertz CT molecular complexity index is 1200. The van der Waals surface area contributed by atoms with Crippen LogP contribution in [0.4, 0.5) is 0 Å². The summed E-state index contributed by atoms with van der Waals surface area (Å²) in [5, 5.41) is 1.22. The van der Waals surface area contributed by atoms with Gasteiger partial charge in [0.2, 0.25) is 0 Å². The summed E-state index contributed by atoms with van der Waals surface area (Å²) in [4.78, 5) is 20.1. The van der Waals surface area contributed by atoms with Crippen LogP contribution in [-0.2, 0) is 25.8 Å². The van der Waals surface area contributed by atoms with Crippen molar-refractivity contribution in [2.75, 3.05) is 20.2 Å². The van der Waals surface area contributed by atoms with Crippen molar-refractivity contribution in [3.05, 3.63) is 59.0 Å². The van der Waals surface area contributed by atoms with Gasteiger partial charge in [-0.25, -0.2) is 0 Å². The summed E-state index contributed by atoms with van der Waals surface area (Å²) in [6.45, 7) is 15.8. The van der Waals surface area contributed by atoms with Crippen LogP contribution < -0.4 is 0 Å². The highest BCUT2D eigenvalue weighted by Crippen LogP contribution is 2.53. The molecule has 0 radical (unpaired) electrons. The number of hydrogen-bond donors (Lipinski definition) is 1. The van der Waals surface area contributed by atoms with Gasteiger partial charge >= 0.3 is 5.97 Å². The highest BCUT2D eigenvalue weighted by molar-refractivity contribution is 6.77. The van der Waals surface area contributed by atoms with Crippen molar-refractivity contribution in [1.29, 1.82) is 0 Å². The zero-order valence-electron chi connectivity index (χ0n) is 23.0. The molecule has 0 bridgehead atoms. The lowest BCUT2D eigenvalue weighted by atomic mass is 9.65. The van der Waals surface area contributed by atoms with Gasteiger partial charge in [0, 0.05) is 41.7 Å². The number of rotatable bonds is 6. The number of aromatic nitrogens is 1. The first-order valence-corrected chi connectivity index (χ1v) is 15.8. The SMILES string of the molecule is COC(=O)[C@]12CCC(O[Si](C(C)C)(C(C)C)C(C)C)=C3C=CCN(CCc4c1[nH]c1ccccc41)[C@H]32. The predicted molar refractivity (Wildman–Crippen MR) is 149 cm³/mol. The van der Waals surface area contributed by atoms with Gasteiger partial charge in [-0.05, 0) is 41.1 Å². The predicted octanol–water partition coefficient (Wildman–Crippen LogP) is 6.62. The van der Waals surface area contributed by atoms with Crippen molar-refractivity contribution in [3.8, 4) is 0 Å². The maximum Gasteiger partial charge on any atom is 0.319 e. The Morgan fingerprint density at radius 2 is 1.78 bits per heavy atom. The number of esters is 1. The molecule has 0 amide bonds. The van der Waals surface area contributed by atoms with Crippen LogP contribution in [-0.4, -0.2) is 50.4 Å². The fourth-order valence-corrected chi connectivity index (χ4v) is 13.2. The van der Waals surface area contributed by atoms with Gasteiger partial charge in [0.1, 0.15) is 5.41 Å². The molecule has 0 fully saturated rings. The Hall–Kier alpha value is -2.31. The minimum atomic E-state index is -2.13. The largest absolute Gasteiger partial charge is 0.545 e. The third-order valence-corrected chi connectivity index (χ3v) is 15.3. The van der Waals surface area contributed by atoms with E-state index in [1.54, 1.807) is 0 Å². The molecule has 5 nitrogen and oxygen atoms in total. The fraction of sp³-hybridized carbons (Fsp3) is 0.567. The van der Waals surface area contributed by atoms with Crippen LogP contribution in [0.15, 0.2) is 47.7 Å². The Labute approximate surface area is 217 Å². The monoisotopic (exact) mass is 506 g/mol. The smallest absolute Gasteiger partial charge is 0.319 e. The van der Waals surface area contributed by atoms with Crippen molar-refractivity contribution in [2.45, 2.75) is 88.9 Å². The third-order valence-electron chi connectivity index (χ3n) is 9.30. The van der Waals surface area contributed by atoms with Gasteiger partial charge in [-0.3, -0.25) is 9.69 Å². The van der Waals surface area contributed by atoms with Crippen molar-refractivity contribution in [3.63, 3.8) is 0 Å². The Morgan fingerprint density at radius 3 is 2.44 bits per heavy atom. The van der Waals surface area contributed by atoms with E-state index < -0.39 is 13.7 Å². The Balaban J connectivity index is 1.73. The first-order chi connectivity index (χ1) is 17.2. The molecule has 36 heavy (non-hydrogen) atoms. The zero-order valence-corrected chi connectivity index (χ0v) is 24.0. The molecule has 0 unspecified atom stereocenters. The van der Waals surface area contributed by atoms with E-state index in [0.717, 1.165) is 42.9 Å². The Kier molecular flexibility index (Phi) is 6.48. The van der Waals surface area contributed by atoms with Crippen molar-refractivity contribution < 1.29 is 14.0 Å². The minimum Gasteiger partial charge on any atom is -0.545 e. The summed E-state index contributed by atoms with van der Waals surface area (Å²) in [6, 6.07) is 8.36. The zero-order chi connectivity index (χ0) is 25.8. The van der Waals surface area contributed by atoms with Gasteiger partial charge < -0.3 is 14.1 Å². The molecule has 1 aliphatic carbocycles. The molecule has 3 heterocycles. The molecule has 3 aliphatic rings. The van der Waals surface area contributed by atoms with Crippen molar-refractivity contribution in [1.82, 2.24) is 9.88 Å². The van der Waals surface area contributed by atoms with E-state index in [1.807, 2.05) is 0 Å². The summed E-state index contributed by atoms with van der Waals surface area (Å²) < 4.78 is 12.9. The number of benzene rings is 1. The molecule has 6 heteroatoms. The van der Waals surface area contributed by atoms with E-state index in [9.17, 15) is 4.79 Å². The lowest BCUT2D eigenvalue weighted by Crippen LogP contribution is -2.59. The van der Waals surface area contributed by atoms with Gasteiger partial charge in [-0.1, -0.05) is 71.9 Å². The summed E-state index contributed by atoms with van der Waals surface area (Å²) >= 11 is 0. The van der Waals surface area contributed by atoms with E-state index >= 15 is 0 Å². The molecule has 1 aromatic carbocycles. The second-order valence-electron chi connectivity index (χ2n) is 11.8. The number of aromatic amines is 1. The molecular formula is C30H42N2O3Si. The molecule has 2 aliphatic heterocycles. The lowest BCUT2D eigenvalue weighted by molar-refractivity contribution is -0.151. The van der Waals surface area contributed by atoms with E-state index in [4.69, 9.17) is 9.16 Å². The average molecular weight is 507 g/mol. The highest BCUT2D eigenvalue weighted by Gasteiger charge is 2.59. The van der Waals surface area contributed by atoms with Crippen LogP contribution in [0.25, 0.3) is 10.9 Å². The Morgan fingerprint density at radius 1 is 1.08 bits per heavy atom. The maximum absolute atomic E-state index is 13.9. The summed E-state index contributed by atoms with van der Waals surface area (Å²) in [7, 11) is -0.594. The number of carbonyl (C=O) groups excluding carboxylic acids is 1. The minimum absolute atomic E-state index is 0.0915. The number of nitrogens with zero attached hydrogens (tertiary/aromatic N) is 1. The summed E-state index contributed by atoms with van der Waals surface area (Å²) in [5.41, 5.74) is 5.32. The quantitative estimate of drug-likeness (QED) is 0.354. The van der Waals surface area contributed by atoms with Gasteiger partial charge in [0.25, 0.3) is 8.32 Å². The van der Waals surface area contributed by atoms with Crippen LogP contribution in [0.5, 0.6) is 0 Å². The number of allylic oxidation sites excluding steroid dienone is 1. The number of fused-ring (bicyclic) bond motifs is 4. The molecule has 2 aromatic rings. The maximum atomic E-state index is 13.9. The average Bonchev–Trinajstić information content (AvgIpc) is 3.16. The van der Waals surface area contributed by atoms with E-state index in [0.29, 0.717) is 23.0 Å². The van der Waals surface area contributed by atoms with Gasteiger partial charge in [-0.2, -0.15) is 0 Å². The molecule has 2 atom stereocenters. The third kappa shape index (κ3) is 3.47. The molecule has 5 rings (SSSR count). The first kappa shape index (κ1) is 25.3. The van der Waals surface area contributed by atoms with Gasteiger partial charge in [-0.15, -0.1) is 0 Å². The standard InChI is InChI=1S/C30H42N2O3Si/c1-19(2)36(20(3)4,21(5)6)35-26-14-16-30(29(33)34-7)27-23(22-11-8-9-13-25(22)31-27)15-18-32-17-10-12-24(26)28(30)32/h8-13,19-21,28,31H,14-18H2,1-7H3/t28-,30-/m1/s1. The summed E-state index contributed by atoms with van der Waals surface area (Å²) in [5.74, 6) is 0.974. The second kappa shape index (κ2) is 9.21. The highest BCUT2D eigenvalue weighted by atomic mass is 28.4. The lowest BCUT2D eigenvalue weighted by Gasteiger charge is -2.50. The molecule has 194 valence electrons. The number of para-hydroxylation sites is 1. The van der Waals surface area contributed by atoms with E-state index in [-0.39, 0.29) is 12.0 Å². The molecule has 1 aromatic heterocycles. The molecule has 0 spiro atoms. The van der Waals surface area contributed by atoms with Crippen LogP contribution in [0, 0.1) is 0 Å². The number of carbonyl (C=O) groups is 1. The van der Waals surface area contributed by atoms with Crippen LogP contribution >= 0.6 is 0 Å². The van der Waals surface area contributed by atoms with Crippen molar-refractivity contribution in [2.24, 2.45) is 0 Å². The number of H-pyrrole nitrogens is 1. The second-order valence-corrected chi connectivity index (χ2v) is 17.2. The van der Waals surface area contributed by atoms with Gasteiger partial charge in [0.15, 0.2) is 0 Å². The van der Waals surface area contributed by atoms with Crippen molar-refractivity contribution >= 4 is 25.2 Å². The van der Waals surface area contributed by atoms with E-state index in [1.165, 1.54) is 23.6 Å². The number of hydrogen-bond acceptors (Lipinski definition) is 4. The summed E-state index contributed by atoms with van der Waals surface area (Å²) in [6.07, 6.45) is 6.85. The molecule has 0 saturated carbocycles. The normalized spacial score (nSPS) is 24.3. The molecule has 1 N–H and O–H groups in total. The van der Waals surface area contributed by atoms with Crippen LogP contribution in [0.1, 0.15) is 65.6 Å². The fourth-order valence-electron chi connectivity index (χ4n) is 7.88.